The molecule has 0 amide bonds. The Hall–Kier alpha value is -1.59. The first-order valence-electron chi connectivity index (χ1n) is 7.01. The number of aliphatic hydroxyl groups is 1. The minimum absolute atomic E-state index is 0.0631. The zero-order valence-electron chi connectivity index (χ0n) is 12.0. The number of nitrogens with zero attached hydrogens (tertiary/aromatic N) is 2. The van der Waals surface area contributed by atoms with Gasteiger partial charge in [-0.1, -0.05) is 0 Å². The predicted octanol–water partition coefficient (Wildman–Crippen LogP) is 2.24. The molecule has 1 saturated heterocycles. The van der Waals surface area contributed by atoms with Gasteiger partial charge in [0.2, 0.25) is 0 Å². The molecule has 20 heavy (non-hydrogen) atoms. The largest absolute Gasteiger partial charge is 0.399 e. The summed E-state index contributed by atoms with van der Waals surface area (Å²) in [6.45, 7) is 4.88. The van der Waals surface area contributed by atoms with Crippen molar-refractivity contribution in [2.24, 2.45) is 0 Å². The minimum atomic E-state index is -0.139. The summed E-state index contributed by atoms with van der Waals surface area (Å²) >= 11 is 0. The molecule has 0 spiro atoms. The normalized spacial score (nSPS) is 22.2. The Labute approximate surface area is 118 Å². The van der Waals surface area contributed by atoms with Gasteiger partial charge in [0.05, 0.1) is 16.6 Å². The van der Waals surface area contributed by atoms with Crippen molar-refractivity contribution < 1.29 is 9.84 Å². The van der Waals surface area contributed by atoms with E-state index >= 15 is 0 Å². The summed E-state index contributed by atoms with van der Waals surface area (Å²) in [4.78, 5) is 4.51. The van der Waals surface area contributed by atoms with E-state index in [4.69, 9.17) is 10.5 Å². The van der Waals surface area contributed by atoms with Crippen LogP contribution in [0.1, 0.15) is 38.6 Å². The highest BCUT2D eigenvalue weighted by Crippen LogP contribution is 2.35. The second-order valence-corrected chi connectivity index (χ2v) is 6.06. The third-order valence-corrected chi connectivity index (χ3v) is 3.96. The number of aromatic nitrogens is 2. The molecule has 3 rings (SSSR count). The van der Waals surface area contributed by atoms with Crippen LogP contribution in [0, 0.1) is 0 Å². The number of ether oxygens (including phenoxy) is 1. The number of rotatable bonds is 2. The smallest absolute Gasteiger partial charge is 0.135 e. The molecule has 1 aliphatic rings. The number of anilines is 1. The van der Waals surface area contributed by atoms with Gasteiger partial charge in [0.1, 0.15) is 12.4 Å². The number of hydrogen-bond donors (Lipinski definition) is 2. The highest BCUT2D eigenvalue weighted by atomic mass is 16.5. The summed E-state index contributed by atoms with van der Waals surface area (Å²) in [5, 5.41) is 9.60. The van der Waals surface area contributed by atoms with Crippen LogP contribution in [0.4, 0.5) is 5.69 Å². The van der Waals surface area contributed by atoms with Crippen molar-refractivity contribution in [3.05, 3.63) is 24.0 Å². The van der Waals surface area contributed by atoms with Crippen molar-refractivity contribution in [2.75, 3.05) is 12.3 Å². The van der Waals surface area contributed by atoms with E-state index in [1.807, 2.05) is 18.2 Å². The summed E-state index contributed by atoms with van der Waals surface area (Å²) in [5.74, 6) is 0.702. The van der Waals surface area contributed by atoms with Crippen LogP contribution in [-0.4, -0.2) is 26.9 Å². The summed E-state index contributed by atoms with van der Waals surface area (Å²) in [7, 11) is 0. The summed E-state index contributed by atoms with van der Waals surface area (Å²) in [6.07, 6.45) is 1.85. The van der Waals surface area contributed by atoms with Gasteiger partial charge in [-0.05, 0) is 44.9 Å². The molecular weight excluding hydrogens is 254 g/mol. The van der Waals surface area contributed by atoms with Crippen molar-refractivity contribution in [3.63, 3.8) is 0 Å². The fraction of sp³-hybridized carbons (Fsp3) is 0.533. The van der Waals surface area contributed by atoms with Crippen LogP contribution in [0.3, 0.4) is 0 Å². The number of hydrogen-bond acceptors (Lipinski definition) is 4. The van der Waals surface area contributed by atoms with E-state index in [1.54, 1.807) is 0 Å². The van der Waals surface area contributed by atoms with Gasteiger partial charge in [-0.3, -0.25) is 0 Å². The lowest BCUT2D eigenvalue weighted by atomic mass is 9.93. The quantitative estimate of drug-likeness (QED) is 0.824. The number of imidazole rings is 1. The minimum Gasteiger partial charge on any atom is -0.399 e. The van der Waals surface area contributed by atoms with Crippen LogP contribution in [-0.2, 0) is 11.3 Å². The van der Waals surface area contributed by atoms with Crippen LogP contribution in [0.2, 0.25) is 0 Å². The van der Waals surface area contributed by atoms with Crippen LogP contribution >= 0.6 is 0 Å². The van der Waals surface area contributed by atoms with Gasteiger partial charge in [-0.25, -0.2) is 4.98 Å². The van der Waals surface area contributed by atoms with Gasteiger partial charge in [0.25, 0.3) is 0 Å². The molecule has 1 atom stereocenters. The number of benzene rings is 1. The van der Waals surface area contributed by atoms with E-state index in [1.165, 1.54) is 0 Å². The number of nitrogen functional groups attached to an aromatic ring is 1. The maximum atomic E-state index is 9.60. The molecule has 2 aromatic rings. The van der Waals surface area contributed by atoms with E-state index < -0.39 is 0 Å². The SMILES string of the molecule is CC1(C)CC(n2c(CO)nc3cc(N)ccc32)CCO1. The molecule has 5 heteroatoms. The Morgan fingerprint density at radius 2 is 2.30 bits per heavy atom. The Bertz CT molecular complexity index is 633. The molecule has 2 heterocycles. The third kappa shape index (κ3) is 2.27. The Morgan fingerprint density at radius 3 is 3.00 bits per heavy atom. The predicted molar refractivity (Wildman–Crippen MR) is 78.4 cm³/mol. The lowest BCUT2D eigenvalue weighted by Gasteiger charge is -2.36. The van der Waals surface area contributed by atoms with Gasteiger partial charge >= 0.3 is 0 Å². The molecule has 1 aromatic heterocycles. The van der Waals surface area contributed by atoms with Gasteiger partial charge in [-0.15, -0.1) is 0 Å². The molecule has 1 aromatic carbocycles. The number of nitrogens with two attached hydrogens (primary N) is 1. The van der Waals surface area contributed by atoms with E-state index in [9.17, 15) is 5.11 Å². The zero-order valence-corrected chi connectivity index (χ0v) is 12.0. The van der Waals surface area contributed by atoms with Crippen LogP contribution in [0.25, 0.3) is 11.0 Å². The highest BCUT2D eigenvalue weighted by Gasteiger charge is 2.31. The molecule has 1 aliphatic heterocycles. The molecule has 1 unspecified atom stereocenters. The molecule has 5 nitrogen and oxygen atoms in total. The molecule has 1 fully saturated rings. The summed E-state index contributed by atoms with van der Waals surface area (Å²) < 4.78 is 7.93. The maximum absolute atomic E-state index is 9.60. The van der Waals surface area contributed by atoms with E-state index in [2.05, 4.69) is 23.4 Å². The van der Waals surface area contributed by atoms with Crippen LogP contribution in [0.5, 0.6) is 0 Å². The molecule has 0 saturated carbocycles. The molecule has 0 radical (unpaired) electrons. The molecule has 3 N–H and O–H groups in total. The lowest BCUT2D eigenvalue weighted by molar-refractivity contribution is -0.0691. The Morgan fingerprint density at radius 1 is 1.50 bits per heavy atom. The zero-order chi connectivity index (χ0) is 14.3. The Balaban J connectivity index is 2.09. The topological polar surface area (TPSA) is 73.3 Å². The van der Waals surface area contributed by atoms with E-state index in [-0.39, 0.29) is 12.2 Å². The highest BCUT2D eigenvalue weighted by molar-refractivity contribution is 5.79. The Kier molecular flexibility index (Phi) is 3.18. The van der Waals surface area contributed by atoms with Crippen molar-refractivity contribution in [1.29, 1.82) is 0 Å². The van der Waals surface area contributed by atoms with Gasteiger partial charge in [-0.2, -0.15) is 0 Å². The first kappa shape index (κ1) is 13.4. The van der Waals surface area contributed by atoms with Crippen molar-refractivity contribution in [3.8, 4) is 0 Å². The monoisotopic (exact) mass is 275 g/mol. The fourth-order valence-corrected chi connectivity index (χ4v) is 3.10. The second kappa shape index (κ2) is 4.75. The molecule has 0 aliphatic carbocycles. The third-order valence-electron chi connectivity index (χ3n) is 3.96. The summed E-state index contributed by atoms with van der Waals surface area (Å²) in [6, 6.07) is 6.02. The van der Waals surface area contributed by atoms with Crippen molar-refractivity contribution >= 4 is 16.7 Å². The van der Waals surface area contributed by atoms with E-state index in [0.717, 1.165) is 30.5 Å². The molecule has 0 bridgehead atoms. The van der Waals surface area contributed by atoms with Crippen LogP contribution in [0.15, 0.2) is 18.2 Å². The first-order chi connectivity index (χ1) is 9.50. The molecular formula is C15H21N3O2. The average molecular weight is 275 g/mol. The van der Waals surface area contributed by atoms with E-state index in [0.29, 0.717) is 17.6 Å². The maximum Gasteiger partial charge on any atom is 0.135 e. The first-order valence-corrected chi connectivity index (χ1v) is 7.01. The lowest BCUT2D eigenvalue weighted by Crippen LogP contribution is -2.35. The molecule has 108 valence electrons. The number of fused-ring (bicyclic) bond motifs is 1. The number of aliphatic hydroxyl groups excluding tert-OH is 1. The van der Waals surface area contributed by atoms with Crippen molar-refractivity contribution in [2.45, 2.75) is 44.9 Å². The van der Waals surface area contributed by atoms with Crippen molar-refractivity contribution in [1.82, 2.24) is 9.55 Å². The van der Waals surface area contributed by atoms with Gasteiger partial charge in [0, 0.05) is 18.3 Å². The van der Waals surface area contributed by atoms with Gasteiger partial charge in [0.15, 0.2) is 0 Å². The fourth-order valence-electron chi connectivity index (χ4n) is 3.10. The van der Waals surface area contributed by atoms with Crippen LogP contribution < -0.4 is 5.73 Å². The second-order valence-electron chi connectivity index (χ2n) is 6.06. The summed E-state index contributed by atoms with van der Waals surface area (Å²) in [5.41, 5.74) is 8.25. The van der Waals surface area contributed by atoms with Gasteiger partial charge < -0.3 is 20.1 Å². The average Bonchev–Trinajstić information content (AvgIpc) is 2.74. The standard InChI is InChI=1S/C15H21N3O2/c1-15(2)8-11(5-6-20-15)18-13-4-3-10(16)7-12(13)17-14(18)9-19/h3-4,7,11,19H,5-6,8-9,16H2,1-2H3.